The van der Waals surface area contributed by atoms with E-state index in [1.807, 2.05) is 0 Å². The van der Waals surface area contributed by atoms with Gasteiger partial charge in [-0.15, -0.1) is 0 Å². The summed E-state index contributed by atoms with van der Waals surface area (Å²) in [5.41, 5.74) is 0. The van der Waals surface area contributed by atoms with Gasteiger partial charge in [0.15, 0.2) is 5.11 Å². The highest BCUT2D eigenvalue weighted by atomic mass is 32.1. The fourth-order valence-electron chi connectivity index (χ4n) is 4.62. The number of thiocarbonyl (C=S) groups is 1. The SMILES string of the molecule is CC1CCCN(c2cc(N3CCCCC3)nc(NC(=S)NCCN3CCOCC3)n2)C1. The summed E-state index contributed by atoms with van der Waals surface area (Å²) >= 11 is 5.55. The van der Waals surface area contributed by atoms with E-state index in [0.29, 0.717) is 17.0 Å². The van der Waals surface area contributed by atoms with Crippen molar-refractivity contribution in [2.45, 2.75) is 39.0 Å². The summed E-state index contributed by atoms with van der Waals surface area (Å²) in [6.45, 7) is 11.9. The van der Waals surface area contributed by atoms with Gasteiger partial charge in [0, 0.05) is 58.4 Å². The molecule has 0 saturated carbocycles. The van der Waals surface area contributed by atoms with E-state index < -0.39 is 0 Å². The molecule has 0 amide bonds. The van der Waals surface area contributed by atoms with Crippen molar-refractivity contribution in [1.29, 1.82) is 0 Å². The molecule has 0 aliphatic carbocycles. The average Bonchev–Trinajstić information content (AvgIpc) is 2.80. The van der Waals surface area contributed by atoms with Crippen molar-refractivity contribution in [3.8, 4) is 0 Å². The zero-order valence-electron chi connectivity index (χ0n) is 18.8. The summed E-state index contributed by atoms with van der Waals surface area (Å²) in [6, 6.07) is 2.17. The molecule has 0 aromatic carbocycles. The topological polar surface area (TPSA) is 68.8 Å². The zero-order valence-corrected chi connectivity index (χ0v) is 19.6. The molecular weight excluding hydrogens is 410 g/mol. The Bertz CT molecular complexity index is 722. The van der Waals surface area contributed by atoms with Crippen LogP contribution in [0.4, 0.5) is 17.6 Å². The largest absolute Gasteiger partial charge is 0.379 e. The van der Waals surface area contributed by atoms with E-state index in [1.54, 1.807) is 0 Å². The van der Waals surface area contributed by atoms with Crippen LogP contribution in [-0.4, -0.2) is 85.6 Å². The number of nitrogens with zero attached hydrogens (tertiary/aromatic N) is 5. The van der Waals surface area contributed by atoms with Crippen molar-refractivity contribution < 1.29 is 4.74 Å². The molecular formula is C22H37N7OS. The second-order valence-corrected chi connectivity index (χ2v) is 9.39. The molecule has 1 unspecified atom stereocenters. The molecule has 4 rings (SSSR count). The van der Waals surface area contributed by atoms with Gasteiger partial charge in [0.1, 0.15) is 11.6 Å². The summed E-state index contributed by atoms with van der Waals surface area (Å²) in [6.07, 6.45) is 6.27. The van der Waals surface area contributed by atoms with Crippen LogP contribution in [0.2, 0.25) is 0 Å². The fourth-order valence-corrected chi connectivity index (χ4v) is 4.81. The van der Waals surface area contributed by atoms with Crippen LogP contribution in [0.5, 0.6) is 0 Å². The number of anilines is 3. The summed E-state index contributed by atoms with van der Waals surface area (Å²) in [4.78, 5) is 16.9. The van der Waals surface area contributed by atoms with E-state index in [1.165, 1.54) is 32.1 Å². The number of nitrogens with one attached hydrogen (secondary N) is 2. The van der Waals surface area contributed by atoms with Crippen molar-refractivity contribution in [2.75, 3.05) is 80.7 Å². The number of piperidine rings is 2. The Labute approximate surface area is 191 Å². The quantitative estimate of drug-likeness (QED) is 0.640. The zero-order chi connectivity index (χ0) is 21.5. The van der Waals surface area contributed by atoms with E-state index in [-0.39, 0.29) is 0 Å². The average molecular weight is 448 g/mol. The third-order valence-electron chi connectivity index (χ3n) is 6.40. The molecule has 9 heteroatoms. The molecule has 3 aliphatic heterocycles. The Hall–Kier alpha value is -1.71. The molecule has 172 valence electrons. The molecule has 3 aliphatic rings. The first-order chi connectivity index (χ1) is 15.2. The highest BCUT2D eigenvalue weighted by Gasteiger charge is 2.21. The van der Waals surface area contributed by atoms with Crippen molar-refractivity contribution in [2.24, 2.45) is 5.92 Å². The molecule has 8 nitrogen and oxygen atoms in total. The van der Waals surface area contributed by atoms with Gasteiger partial charge in [0.2, 0.25) is 5.95 Å². The Morgan fingerprint density at radius 3 is 2.48 bits per heavy atom. The van der Waals surface area contributed by atoms with Gasteiger partial charge >= 0.3 is 0 Å². The first-order valence-electron chi connectivity index (χ1n) is 11.9. The number of rotatable bonds is 6. The predicted octanol–water partition coefficient (Wildman–Crippen LogP) is 2.32. The number of aromatic nitrogens is 2. The normalized spacial score (nSPS) is 22.9. The van der Waals surface area contributed by atoms with Gasteiger partial charge in [-0.3, -0.25) is 4.90 Å². The molecule has 0 radical (unpaired) electrons. The maximum Gasteiger partial charge on any atom is 0.232 e. The minimum Gasteiger partial charge on any atom is -0.379 e. The number of morpholine rings is 1. The second-order valence-electron chi connectivity index (χ2n) is 8.98. The van der Waals surface area contributed by atoms with Crippen LogP contribution >= 0.6 is 12.2 Å². The fraction of sp³-hybridized carbons (Fsp3) is 0.773. The Morgan fingerprint density at radius 2 is 1.74 bits per heavy atom. The molecule has 1 aromatic heterocycles. The Morgan fingerprint density at radius 1 is 1.03 bits per heavy atom. The summed E-state index contributed by atoms with van der Waals surface area (Å²) in [7, 11) is 0. The van der Waals surface area contributed by atoms with E-state index >= 15 is 0 Å². The molecule has 3 saturated heterocycles. The van der Waals surface area contributed by atoms with Gasteiger partial charge in [0.25, 0.3) is 0 Å². The van der Waals surface area contributed by atoms with Gasteiger partial charge in [-0.2, -0.15) is 9.97 Å². The Balaban J connectivity index is 1.40. The van der Waals surface area contributed by atoms with Gasteiger partial charge < -0.3 is 25.2 Å². The van der Waals surface area contributed by atoms with E-state index in [9.17, 15) is 0 Å². The van der Waals surface area contributed by atoms with Crippen molar-refractivity contribution in [3.05, 3.63) is 6.07 Å². The van der Waals surface area contributed by atoms with Crippen LogP contribution in [0.25, 0.3) is 0 Å². The lowest BCUT2D eigenvalue weighted by molar-refractivity contribution is 0.0389. The third-order valence-corrected chi connectivity index (χ3v) is 6.65. The summed E-state index contributed by atoms with van der Waals surface area (Å²) < 4.78 is 5.41. The Kier molecular flexibility index (Phi) is 8.15. The van der Waals surface area contributed by atoms with Gasteiger partial charge in [0.05, 0.1) is 13.2 Å². The smallest absolute Gasteiger partial charge is 0.232 e. The minimum atomic E-state index is 0.585. The summed E-state index contributed by atoms with van der Waals surface area (Å²) in [5.74, 6) is 3.32. The van der Waals surface area contributed by atoms with Gasteiger partial charge in [-0.05, 0) is 50.2 Å². The van der Waals surface area contributed by atoms with Crippen LogP contribution in [0.1, 0.15) is 39.0 Å². The predicted molar refractivity (Wildman–Crippen MR) is 130 cm³/mol. The second kappa shape index (κ2) is 11.2. The van der Waals surface area contributed by atoms with Crippen LogP contribution in [-0.2, 0) is 4.74 Å². The molecule has 4 heterocycles. The molecule has 1 atom stereocenters. The van der Waals surface area contributed by atoms with Crippen LogP contribution in [0.3, 0.4) is 0 Å². The maximum atomic E-state index is 5.55. The van der Waals surface area contributed by atoms with Crippen LogP contribution in [0, 0.1) is 5.92 Å². The molecule has 0 bridgehead atoms. The first-order valence-corrected chi connectivity index (χ1v) is 12.3. The van der Waals surface area contributed by atoms with Crippen LogP contribution < -0.4 is 20.4 Å². The van der Waals surface area contributed by atoms with Gasteiger partial charge in [-0.25, -0.2) is 0 Å². The number of hydrogen-bond acceptors (Lipinski definition) is 7. The number of ether oxygens (including phenoxy) is 1. The molecule has 31 heavy (non-hydrogen) atoms. The lowest BCUT2D eigenvalue weighted by Gasteiger charge is -2.33. The highest BCUT2D eigenvalue weighted by molar-refractivity contribution is 7.80. The lowest BCUT2D eigenvalue weighted by atomic mass is 10.0. The van der Waals surface area contributed by atoms with Crippen molar-refractivity contribution in [3.63, 3.8) is 0 Å². The van der Waals surface area contributed by atoms with E-state index in [2.05, 4.69) is 38.3 Å². The van der Waals surface area contributed by atoms with E-state index in [4.69, 9.17) is 26.9 Å². The third kappa shape index (κ3) is 6.63. The number of hydrogen-bond donors (Lipinski definition) is 2. The lowest BCUT2D eigenvalue weighted by Crippen LogP contribution is -2.42. The summed E-state index contributed by atoms with van der Waals surface area (Å²) in [5, 5.41) is 7.15. The molecule has 3 fully saturated rings. The van der Waals surface area contributed by atoms with Crippen molar-refractivity contribution >= 4 is 34.9 Å². The maximum absolute atomic E-state index is 5.55. The van der Waals surface area contributed by atoms with Crippen molar-refractivity contribution in [1.82, 2.24) is 20.2 Å². The van der Waals surface area contributed by atoms with Crippen LogP contribution in [0.15, 0.2) is 6.07 Å². The standard InChI is InChI=1S/C22H37N7OS/c1-18-6-5-10-29(17-18)20-16-19(28-8-3-2-4-9-28)24-21(25-20)26-22(31)23-7-11-27-12-14-30-15-13-27/h16,18H,2-15,17H2,1H3,(H2,23,24,25,26,31). The highest BCUT2D eigenvalue weighted by Crippen LogP contribution is 2.27. The minimum absolute atomic E-state index is 0.585. The molecule has 0 spiro atoms. The monoisotopic (exact) mass is 447 g/mol. The molecule has 1 aromatic rings. The molecule has 2 N–H and O–H groups in total. The van der Waals surface area contributed by atoms with E-state index in [0.717, 1.165) is 77.2 Å². The van der Waals surface area contributed by atoms with Gasteiger partial charge in [-0.1, -0.05) is 6.92 Å². The first kappa shape index (κ1) is 22.5.